The molecule has 0 aliphatic carbocycles. The van der Waals surface area contributed by atoms with Gasteiger partial charge in [-0.15, -0.1) is 0 Å². The molecule has 2 heterocycles. The number of nitrogens with zero attached hydrogens (tertiary/aromatic N) is 2. The zero-order valence-corrected chi connectivity index (χ0v) is 13.7. The van der Waals surface area contributed by atoms with Crippen molar-refractivity contribution in [3.63, 3.8) is 0 Å². The smallest absolute Gasteiger partial charge is 0.254 e. The van der Waals surface area contributed by atoms with Crippen LogP contribution in [0.3, 0.4) is 0 Å². The van der Waals surface area contributed by atoms with Crippen LogP contribution in [0.2, 0.25) is 0 Å². The molecule has 1 saturated heterocycles. The zero-order chi connectivity index (χ0) is 15.8. The summed E-state index contributed by atoms with van der Waals surface area (Å²) in [6.45, 7) is 5.99. The van der Waals surface area contributed by atoms with Crippen LogP contribution in [0.15, 0.2) is 16.9 Å². The highest BCUT2D eigenvalue weighted by atomic mass is 32.2. The Morgan fingerprint density at radius 2 is 2.00 bits per heavy atom. The molecule has 118 valence electrons. The Morgan fingerprint density at radius 1 is 1.33 bits per heavy atom. The molecule has 6 nitrogen and oxygen atoms in total. The largest absolute Gasteiger partial charge is 0.489 e. The van der Waals surface area contributed by atoms with Gasteiger partial charge in [0.15, 0.2) is 0 Å². The Bertz CT molecular complexity index is 679. The molecule has 21 heavy (non-hydrogen) atoms. The molecule has 0 spiro atoms. The third-order valence-corrected chi connectivity index (χ3v) is 6.09. The standard InChI is InChI=1S/C14H22N2O4S/c1-10(2)21(18,19)16-6-5-12(9-16)20-13-7-11(3)15(4)14(17)8-13/h7-8,10,12H,5-6,9H2,1-4H3. The monoisotopic (exact) mass is 314 g/mol. The van der Waals surface area contributed by atoms with Crippen molar-refractivity contribution in [1.29, 1.82) is 0 Å². The summed E-state index contributed by atoms with van der Waals surface area (Å²) in [5.41, 5.74) is 0.678. The van der Waals surface area contributed by atoms with Crippen LogP contribution >= 0.6 is 0 Å². The third-order valence-electron chi connectivity index (χ3n) is 3.84. The van der Waals surface area contributed by atoms with Gasteiger partial charge in [0.25, 0.3) is 5.56 Å². The van der Waals surface area contributed by atoms with Crippen LogP contribution < -0.4 is 10.3 Å². The maximum Gasteiger partial charge on any atom is 0.254 e. The average Bonchev–Trinajstić information content (AvgIpc) is 2.84. The van der Waals surface area contributed by atoms with Gasteiger partial charge in [0.1, 0.15) is 11.9 Å². The fourth-order valence-corrected chi connectivity index (χ4v) is 3.65. The fraction of sp³-hybridized carbons (Fsp3) is 0.643. The Morgan fingerprint density at radius 3 is 2.57 bits per heavy atom. The summed E-state index contributed by atoms with van der Waals surface area (Å²) < 4.78 is 33.0. The normalized spacial score (nSPS) is 20.1. The minimum absolute atomic E-state index is 0.130. The summed E-state index contributed by atoms with van der Waals surface area (Å²) in [7, 11) is -1.54. The van der Waals surface area contributed by atoms with Gasteiger partial charge in [0, 0.05) is 25.4 Å². The number of hydrogen-bond acceptors (Lipinski definition) is 4. The number of aryl methyl sites for hydroxylation is 1. The highest BCUT2D eigenvalue weighted by Crippen LogP contribution is 2.21. The summed E-state index contributed by atoms with van der Waals surface area (Å²) in [5.74, 6) is 0.504. The van der Waals surface area contributed by atoms with Crippen LogP contribution in [0, 0.1) is 6.92 Å². The van der Waals surface area contributed by atoms with Crippen molar-refractivity contribution < 1.29 is 13.2 Å². The minimum Gasteiger partial charge on any atom is -0.489 e. The maximum atomic E-state index is 12.1. The molecular weight excluding hydrogens is 292 g/mol. The zero-order valence-electron chi connectivity index (χ0n) is 12.9. The van der Waals surface area contributed by atoms with E-state index in [2.05, 4.69) is 0 Å². The maximum absolute atomic E-state index is 12.1. The van der Waals surface area contributed by atoms with Crippen molar-refractivity contribution in [3.05, 3.63) is 28.2 Å². The van der Waals surface area contributed by atoms with Gasteiger partial charge in [0.2, 0.25) is 10.0 Å². The van der Waals surface area contributed by atoms with Crippen LogP contribution in [0.5, 0.6) is 5.75 Å². The molecule has 0 radical (unpaired) electrons. The summed E-state index contributed by atoms with van der Waals surface area (Å²) in [6.07, 6.45) is 0.435. The second-order valence-corrected chi connectivity index (χ2v) is 8.20. The van der Waals surface area contributed by atoms with E-state index in [1.807, 2.05) is 6.92 Å². The van der Waals surface area contributed by atoms with Gasteiger partial charge in [-0.2, -0.15) is 4.31 Å². The topological polar surface area (TPSA) is 68.6 Å². The van der Waals surface area contributed by atoms with E-state index in [1.165, 1.54) is 14.9 Å². The summed E-state index contributed by atoms with van der Waals surface area (Å²) >= 11 is 0. The first-order valence-electron chi connectivity index (χ1n) is 7.05. The lowest BCUT2D eigenvalue weighted by molar-refractivity contribution is 0.214. The van der Waals surface area contributed by atoms with Crippen LogP contribution in [0.25, 0.3) is 0 Å². The van der Waals surface area contributed by atoms with Crippen molar-refractivity contribution >= 4 is 10.0 Å². The molecule has 2 rings (SSSR count). The number of pyridine rings is 1. The number of sulfonamides is 1. The van der Waals surface area contributed by atoms with Gasteiger partial charge >= 0.3 is 0 Å². The van der Waals surface area contributed by atoms with E-state index >= 15 is 0 Å². The first kappa shape index (κ1) is 16.0. The quantitative estimate of drug-likeness (QED) is 0.827. The molecule has 1 aliphatic heterocycles. The molecule has 0 N–H and O–H groups in total. The van der Waals surface area contributed by atoms with E-state index in [4.69, 9.17) is 4.74 Å². The molecule has 0 saturated carbocycles. The lowest BCUT2D eigenvalue weighted by Gasteiger charge is -2.19. The van der Waals surface area contributed by atoms with Gasteiger partial charge in [0.05, 0.1) is 11.8 Å². The highest BCUT2D eigenvalue weighted by molar-refractivity contribution is 7.89. The van der Waals surface area contributed by atoms with Crippen molar-refractivity contribution in [2.75, 3.05) is 13.1 Å². The van der Waals surface area contributed by atoms with E-state index in [1.54, 1.807) is 27.0 Å². The molecular formula is C14H22N2O4S. The van der Waals surface area contributed by atoms with Crippen molar-refractivity contribution in [2.24, 2.45) is 7.05 Å². The second kappa shape index (κ2) is 5.81. The fourth-order valence-electron chi connectivity index (χ4n) is 2.32. The molecule has 0 aromatic carbocycles. The van der Waals surface area contributed by atoms with Crippen LogP contribution in [0.4, 0.5) is 0 Å². The molecule has 1 aliphatic rings. The minimum atomic E-state index is -3.24. The van der Waals surface area contributed by atoms with Gasteiger partial charge in [-0.1, -0.05) is 0 Å². The Labute approximate surface area is 125 Å². The molecule has 0 bridgehead atoms. The molecule has 0 amide bonds. The Hall–Kier alpha value is -1.34. The van der Waals surface area contributed by atoms with Gasteiger partial charge < -0.3 is 9.30 Å². The van der Waals surface area contributed by atoms with Gasteiger partial charge in [-0.25, -0.2) is 8.42 Å². The average molecular weight is 314 g/mol. The second-order valence-electron chi connectivity index (χ2n) is 5.71. The highest BCUT2D eigenvalue weighted by Gasteiger charge is 2.34. The summed E-state index contributed by atoms with van der Waals surface area (Å²) in [6, 6.07) is 3.23. The Kier molecular flexibility index (Phi) is 4.43. The van der Waals surface area contributed by atoms with E-state index in [-0.39, 0.29) is 11.7 Å². The lowest BCUT2D eigenvalue weighted by atomic mass is 10.3. The molecule has 1 atom stereocenters. The van der Waals surface area contributed by atoms with Crippen LogP contribution in [-0.2, 0) is 17.1 Å². The van der Waals surface area contributed by atoms with E-state index in [9.17, 15) is 13.2 Å². The van der Waals surface area contributed by atoms with E-state index in [0.717, 1.165) is 5.69 Å². The molecule has 1 unspecified atom stereocenters. The molecule has 1 fully saturated rings. The van der Waals surface area contributed by atoms with Crippen molar-refractivity contribution in [3.8, 4) is 5.75 Å². The first-order valence-corrected chi connectivity index (χ1v) is 8.55. The molecule has 1 aromatic rings. The van der Waals surface area contributed by atoms with Crippen molar-refractivity contribution in [2.45, 2.75) is 38.5 Å². The lowest BCUT2D eigenvalue weighted by Crippen LogP contribution is -2.36. The predicted octanol–water partition coefficient (Wildman–Crippen LogP) is 0.885. The molecule has 7 heteroatoms. The van der Waals surface area contributed by atoms with Gasteiger partial charge in [-0.05, 0) is 33.3 Å². The first-order chi connectivity index (χ1) is 9.71. The number of ether oxygens (including phenoxy) is 1. The van der Waals surface area contributed by atoms with Crippen LogP contribution in [-0.4, -0.2) is 41.7 Å². The number of hydrogen-bond donors (Lipinski definition) is 0. The van der Waals surface area contributed by atoms with Crippen molar-refractivity contribution in [1.82, 2.24) is 8.87 Å². The van der Waals surface area contributed by atoms with E-state index < -0.39 is 15.3 Å². The van der Waals surface area contributed by atoms with Crippen LogP contribution in [0.1, 0.15) is 26.0 Å². The SMILES string of the molecule is Cc1cc(OC2CCN(S(=O)(=O)C(C)C)C2)cc(=O)n1C. The van der Waals surface area contributed by atoms with Gasteiger partial charge in [-0.3, -0.25) is 4.79 Å². The predicted molar refractivity (Wildman–Crippen MR) is 81.1 cm³/mol. The number of rotatable bonds is 4. The summed E-state index contributed by atoms with van der Waals surface area (Å²) in [4.78, 5) is 11.7. The molecule has 1 aromatic heterocycles. The third kappa shape index (κ3) is 3.29. The number of aromatic nitrogens is 1. The Balaban J connectivity index is 2.09. The van der Waals surface area contributed by atoms with E-state index in [0.29, 0.717) is 25.3 Å². The summed E-state index contributed by atoms with van der Waals surface area (Å²) in [5, 5.41) is -0.428.